The maximum atomic E-state index is 12.3. The van der Waals surface area contributed by atoms with Crippen LogP contribution in [0.15, 0.2) is 78.9 Å². The van der Waals surface area contributed by atoms with Crippen LogP contribution in [-0.4, -0.2) is 30.8 Å². The Balaban J connectivity index is 1.25. The van der Waals surface area contributed by atoms with Gasteiger partial charge in [-0.2, -0.15) is 0 Å². The van der Waals surface area contributed by atoms with Gasteiger partial charge in [0.25, 0.3) is 0 Å². The summed E-state index contributed by atoms with van der Waals surface area (Å²) in [5, 5.41) is 15.1. The summed E-state index contributed by atoms with van der Waals surface area (Å²) < 4.78 is 0. The number of nitrogens with zero attached hydrogens (tertiary/aromatic N) is 1. The molecule has 0 spiro atoms. The number of rotatable bonds is 6. The number of hydrogen-bond donors (Lipinski definition) is 3. The Kier molecular flexibility index (Phi) is 6.85. The number of carbonyl (C=O) groups excluding carboxylic acids is 1. The average Bonchev–Trinajstić information content (AvgIpc) is 2.84. The molecule has 160 valence electrons. The number of amides is 2. The number of piperidine rings is 1. The summed E-state index contributed by atoms with van der Waals surface area (Å²) in [6.45, 7) is 2.72. The van der Waals surface area contributed by atoms with E-state index in [9.17, 15) is 9.90 Å². The average molecular weight is 416 g/mol. The first-order valence-electron chi connectivity index (χ1n) is 10.9. The highest BCUT2D eigenvalue weighted by Crippen LogP contribution is 2.23. The maximum absolute atomic E-state index is 12.3. The van der Waals surface area contributed by atoms with Gasteiger partial charge in [-0.1, -0.05) is 54.6 Å². The minimum Gasteiger partial charge on any atom is -0.396 e. The molecular weight excluding hydrogens is 386 g/mol. The van der Waals surface area contributed by atoms with Crippen molar-refractivity contribution in [3.63, 3.8) is 0 Å². The fourth-order valence-corrected chi connectivity index (χ4v) is 3.93. The van der Waals surface area contributed by atoms with Gasteiger partial charge in [0.05, 0.1) is 0 Å². The molecule has 0 atom stereocenters. The lowest BCUT2D eigenvalue weighted by molar-refractivity contribution is 0.203. The fourth-order valence-electron chi connectivity index (χ4n) is 3.93. The van der Waals surface area contributed by atoms with Gasteiger partial charge >= 0.3 is 6.03 Å². The van der Waals surface area contributed by atoms with Crippen LogP contribution in [0.25, 0.3) is 11.1 Å². The van der Waals surface area contributed by atoms with Crippen molar-refractivity contribution in [3.05, 3.63) is 84.4 Å². The molecule has 3 aromatic carbocycles. The first kappa shape index (κ1) is 20.9. The van der Waals surface area contributed by atoms with Crippen molar-refractivity contribution in [2.24, 2.45) is 5.92 Å². The largest absolute Gasteiger partial charge is 0.396 e. The van der Waals surface area contributed by atoms with Gasteiger partial charge in [0.1, 0.15) is 0 Å². The van der Waals surface area contributed by atoms with Crippen molar-refractivity contribution in [1.29, 1.82) is 0 Å². The van der Waals surface area contributed by atoms with Crippen molar-refractivity contribution in [1.82, 2.24) is 5.32 Å². The summed E-state index contributed by atoms with van der Waals surface area (Å²) in [5.41, 5.74) is 5.29. The van der Waals surface area contributed by atoms with Crippen LogP contribution in [0.4, 0.5) is 16.2 Å². The predicted octanol–water partition coefficient (Wildman–Crippen LogP) is 4.88. The fraction of sp³-hybridized carbons (Fsp3) is 0.269. The van der Waals surface area contributed by atoms with Crippen molar-refractivity contribution < 1.29 is 9.90 Å². The van der Waals surface area contributed by atoms with E-state index in [2.05, 4.69) is 51.9 Å². The minimum absolute atomic E-state index is 0.220. The molecule has 2 amide bonds. The lowest BCUT2D eigenvalue weighted by atomic mass is 9.97. The Morgan fingerprint density at radius 2 is 1.52 bits per heavy atom. The molecule has 3 N–H and O–H groups in total. The zero-order valence-corrected chi connectivity index (χ0v) is 17.6. The third-order valence-electron chi connectivity index (χ3n) is 5.88. The molecule has 1 heterocycles. The quantitative estimate of drug-likeness (QED) is 0.537. The number of hydrogen-bond acceptors (Lipinski definition) is 3. The molecule has 1 aliphatic heterocycles. The molecule has 5 heteroatoms. The third-order valence-corrected chi connectivity index (χ3v) is 5.88. The Labute approximate surface area is 183 Å². The standard InChI is InChI=1S/C26H29N3O2/c30-19-21-14-16-29(17-15-21)25-12-6-20(7-13-25)18-27-26(31)28-24-10-8-23(9-11-24)22-4-2-1-3-5-22/h1-13,21,30H,14-19H2,(H2,27,28,31). The Bertz CT molecular complexity index is 964. The molecule has 1 fully saturated rings. The molecule has 0 aromatic heterocycles. The number of aliphatic hydroxyl groups is 1. The maximum Gasteiger partial charge on any atom is 0.319 e. The molecule has 5 nitrogen and oxygen atoms in total. The number of urea groups is 1. The van der Waals surface area contributed by atoms with Gasteiger partial charge in [-0.15, -0.1) is 0 Å². The van der Waals surface area contributed by atoms with Crippen LogP contribution in [-0.2, 0) is 6.54 Å². The molecule has 0 radical (unpaired) electrons. The highest BCUT2D eigenvalue weighted by atomic mass is 16.3. The van der Waals surface area contributed by atoms with Crippen molar-refractivity contribution in [2.45, 2.75) is 19.4 Å². The van der Waals surface area contributed by atoms with Crippen molar-refractivity contribution >= 4 is 17.4 Å². The lowest BCUT2D eigenvalue weighted by Gasteiger charge is -2.33. The topological polar surface area (TPSA) is 64.6 Å². The van der Waals surface area contributed by atoms with Crippen molar-refractivity contribution in [2.75, 3.05) is 29.9 Å². The van der Waals surface area contributed by atoms with Gasteiger partial charge in [0, 0.05) is 37.6 Å². The molecule has 0 saturated carbocycles. The van der Waals surface area contributed by atoms with Gasteiger partial charge in [0.2, 0.25) is 0 Å². The summed E-state index contributed by atoms with van der Waals surface area (Å²) in [4.78, 5) is 14.6. The number of benzene rings is 3. The molecule has 0 aliphatic carbocycles. The second-order valence-electron chi connectivity index (χ2n) is 8.03. The highest BCUT2D eigenvalue weighted by Gasteiger charge is 2.18. The summed E-state index contributed by atoms with van der Waals surface area (Å²) in [7, 11) is 0. The summed E-state index contributed by atoms with van der Waals surface area (Å²) >= 11 is 0. The molecule has 3 aromatic rings. The SMILES string of the molecule is O=C(NCc1ccc(N2CCC(CO)CC2)cc1)Nc1ccc(-c2ccccc2)cc1. The Hall–Kier alpha value is -3.31. The van der Waals surface area contributed by atoms with E-state index in [4.69, 9.17) is 0 Å². The molecule has 4 rings (SSSR count). The van der Waals surface area contributed by atoms with E-state index in [1.54, 1.807) is 0 Å². The minimum atomic E-state index is -0.220. The molecule has 31 heavy (non-hydrogen) atoms. The molecule has 1 saturated heterocycles. The van der Waals surface area contributed by atoms with Crippen LogP contribution < -0.4 is 15.5 Å². The van der Waals surface area contributed by atoms with E-state index < -0.39 is 0 Å². The predicted molar refractivity (Wildman–Crippen MR) is 126 cm³/mol. The number of nitrogens with one attached hydrogen (secondary N) is 2. The molecule has 1 aliphatic rings. The smallest absolute Gasteiger partial charge is 0.319 e. The van der Waals surface area contributed by atoms with E-state index in [0.717, 1.165) is 48.3 Å². The molecule has 0 bridgehead atoms. The number of aliphatic hydroxyl groups excluding tert-OH is 1. The van der Waals surface area contributed by atoms with Crippen LogP contribution in [0, 0.1) is 5.92 Å². The summed E-state index contributed by atoms with van der Waals surface area (Å²) in [5.74, 6) is 0.438. The summed E-state index contributed by atoms with van der Waals surface area (Å²) in [6.07, 6.45) is 2.07. The number of carbonyl (C=O) groups is 1. The van der Waals surface area contributed by atoms with E-state index in [-0.39, 0.29) is 12.6 Å². The number of anilines is 2. The van der Waals surface area contributed by atoms with Gasteiger partial charge in [-0.3, -0.25) is 0 Å². The molecular formula is C26H29N3O2. The van der Waals surface area contributed by atoms with Gasteiger partial charge in [-0.05, 0) is 59.7 Å². The van der Waals surface area contributed by atoms with Crippen LogP contribution in [0.1, 0.15) is 18.4 Å². The van der Waals surface area contributed by atoms with E-state index >= 15 is 0 Å². The van der Waals surface area contributed by atoms with Crippen LogP contribution >= 0.6 is 0 Å². The second kappa shape index (κ2) is 10.1. The monoisotopic (exact) mass is 415 g/mol. The van der Waals surface area contributed by atoms with Gasteiger partial charge in [-0.25, -0.2) is 4.79 Å². The summed E-state index contributed by atoms with van der Waals surface area (Å²) in [6, 6.07) is 26.1. The first-order chi connectivity index (χ1) is 15.2. The van der Waals surface area contributed by atoms with Crippen LogP contribution in [0.3, 0.4) is 0 Å². The Morgan fingerprint density at radius 1 is 0.871 bits per heavy atom. The van der Waals surface area contributed by atoms with E-state index in [1.807, 2.05) is 42.5 Å². The first-order valence-corrected chi connectivity index (χ1v) is 10.9. The zero-order chi connectivity index (χ0) is 21.5. The Morgan fingerprint density at radius 3 is 2.16 bits per heavy atom. The normalized spacial score (nSPS) is 14.3. The van der Waals surface area contributed by atoms with Gasteiger partial charge in [0.15, 0.2) is 0 Å². The van der Waals surface area contributed by atoms with Crippen LogP contribution in [0.2, 0.25) is 0 Å². The lowest BCUT2D eigenvalue weighted by Crippen LogP contribution is -2.34. The second-order valence-corrected chi connectivity index (χ2v) is 8.03. The van der Waals surface area contributed by atoms with E-state index in [0.29, 0.717) is 12.5 Å². The highest BCUT2D eigenvalue weighted by molar-refractivity contribution is 5.89. The van der Waals surface area contributed by atoms with Crippen molar-refractivity contribution in [3.8, 4) is 11.1 Å². The van der Waals surface area contributed by atoms with Crippen LogP contribution in [0.5, 0.6) is 0 Å². The third kappa shape index (κ3) is 5.64. The van der Waals surface area contributed by atoms with Gasteiger partial charge < -0.3 is 20.6 Å². The molecule has 0 unspecified atom stereocenters. The van der Waals surface area contributed by atoms with E-state index in [1.165, 1.54) is 5.69 Å². The zero-order valence-electron chi connectivity index (χ0n) is 17.6.